The summed E-state index contributed by atoms with van der Waals surface area (Å²) in [6, 6.07) is 0. The van der Waals surface area contributed by atoms with Crippen LogP contribution in [0.1, 0.15) is 16.1 Å². The molecule has 0 aliphatic heterocycles. The summed E-state index contributed by atoms with van der Waals surface area (Å²) >= 11 is 1.70. The lowest BCUT2D eigenvalue weighted by Gasteiger charge is -2.12. The molecule has 1 heterocycles. The van der Waals surface area contributed by atoms with Gasteiger partial charge in [-0.25, -0.2) is 0 Å². The molecule has 0 spiro atoms. The Kier molecular flexibility index (Phi) is 4.08. The summed E-state index contributed by atoms with van der Waals surface area (Å²) in [7, 11) is 0. The van der Waals surface area contributed by atoms with E-state index >= 15 is 0 Å². The van der Waals surface area contributed by atoms with E-state index in [1.165, 1.54) is 0 Å². The molecule has 1 aromatic heterocycles. The molecule has 2 N–H and O–H groups in total. The van der Waals surface area contributed by atoms with Gasteiger partial charge in [0.2, 0.25) is 0 Å². The van der Waals surface area contributed by atoms with Gasteiger partial charge in [0.05, 0.1) is 21.0 Å². The van der Waals surface area contributed by atoms with Crippen molar-refractivity contribution < 1.29 is 22.7 Å². The molecule has 0 saturated carbocycles. The molecule has 0 amide bonds. The first kappa shape index (κ1) is 13.2. The normalized spacial score (nSPS) is 11.3. The number of hydrogen-bond donors (Lipinski definition) is 1. The summed E-state index contributed by atoms with van der Waals surface area (Å²) < 4.78 is 39.9. The number of rotatable bonds is 3. The molecule has 0 aliphatic rings. The summed E-state index contributed by atoms with van der Waals surface area (Å²) in [6.07, 6.45) is -3.74. The average molecular weight is 346 g/mol. The third-order valence-electron chi connectivity index (χ3n) is 1.63. The number of carbonyl (C=O) groups is 1. The lowest BCUT2D eigenvalue weighted by atomic mass is 10.2. The Morgan fingerprint density at radius 1 is 1.56 bits per heavy atom. The zero-order valence-corrected chi connectivity index (χ0v) is 9.87. The molecule has 88 valence electrons. The van der Waals surface area contributed by atoms with E-state index in [-0.39, 0.29) is 22.0 Å². The number of hydrogen-bond acceptors (Lipinski definition) is 4. The van der Waals surface area contributed by atoms with E-state index in [1.807, 2.05) is 0 Å². The number of nitrogens with two attached hydrogens (primary N) is 1. The highest BCUT2D eigenvalue weighted by atomic mass is 127. The quantitative estimate of drug-likeness (QED) is 0.670. The van der Waals surface area contributed by atoms with Gasteiger partial charge in [-0.05, 0) is 22.6 Å². The van der Waals surface area contributed by atoms with E-state index in [4.69, 9.17) is 5.73 Å². The molecular weight excluding hydrogens is 340 g/mol. The van der Waals surface area contributed by atoms with E-state index in [0.717, 1.165) is 6.20 Å². The van der Waals surface area contributed by atoms with Crippen LogP contribution in [0.4, 0.5) is 13.2 Å². The molecule has 16 heavy (non-hydrogen) atoms. The van der Waals surface area contributed by atoms with Gasteiger partial charge in [0.25, 0.3) is 0 Å². The van der Waals surface area contributed by atoms with Crippen molar-refractivity contribution in [1.29, 1.82) is 0 Å². The number of ether oxygens (including phenoxy) is 1. The molecule has 0 atom stereocenters. The van der Waals surface area contributed by atoms with Gasteiger partial charge in [0.1, 0.15) is 0 Å². The van der Waals surface area contributed by atoms with Crippen LogP contribution < -0.4 is 10.5 Å². The van der Waals surface area contributed by atoms with E-state index in [1.54, 1.807) is 22.6 Å². The van der Waals surface area contributed by atoms with Crippen LogP contribution >= 0.6 is 22.6 Å². The van der Waals surface area contributed by atoms with Crippen molar-refractivity contribution in [3.63, 3.8) is 0 Å². The number of alkyl halides is 3. The zero-order chi connectivity index (χ0) is 12.3. The van der Waals surface area contributed by atoms with E-state index in [0.29, 0.717) is 5.69 Å². The monoisotopic (exact) mass is 346 g/mol. The van der Waals surface area contributed by atoms with Crippen molar-refractivity contribution in [1.82, 2.24) is 4.98 Å². The molecule has 0 radical (unpaired) electrons. The molecule has 4 nitrogen and oxygen atoms in total. The van der Waals surface area contributed by atoms with Crippen LogP contribution in [0.2, 0.25) is 0 Å². The second-order valence-electron chi connectivity index (χ2n) is 2.67. The van der Waals surface area contributed by atoms with Gasteiger partial charge in [-0.2, -0.15) is 0 Å². The first-order valence-corrected chi connectivity index (χ1v) is 5.05. The van der Waals surface area contributed by atoms with Gasteiger partial charge in [-0.3, -0.25) is 9.78 Å². The molecule has 8 heteroatoms. The minimum Gasteiger partial charge on any atom is -0.403 e. The fourth-order valence-electron chi connectivity index (χ4n) is 0.985. The molecule has 0 unspecified atom stereocenters. The predicted molar refractivity (Wildman–Crippen MR) is 56.9 cm³/mol. The van der Waals surface area contributed by atoms with Gasteiger partial charge >= 0.3 is 6.36 Å². The highest BCUT2D eigenvalue weighted by molar-refractivity contribution is 14.1. The number of aromatic nitrogens is 1. The average Bonchev–Trinajstić information content (AvgIpc) is 2.16. The van der Waals surface area contributed by atoms with Crippen molar-refractivity contribution in [2.24, 2.45) is 5.73 Å². The van der Waals surface area contributed by atoms with Gasteiger partial charge in [0, 0.05) is 6.54 Å². The zero-order valence-electron chi connectivity index (χ0n) is 7.71. The second-order valence-corrected chi connectivity index (χ2v) is 3.75. The van der Waals surface area contributed by atoms with Crippen LogP contribution in [0.25, 0.3) is 0 Å². The molecule has 0 fully saturated rings. The first-order chi connectivity index (χ1) is 7.39. The summed E-state index contributed by atoms with van der Waals surface area (Å²) in [4.78, 5) is 14.4. The van der Waals surface area contributed by atoms with Crippen molar-refractivity contribution in [2.45, 2.75) is 12.9 Å². The van der Waals surface area contributed by atoms with Crippen LogP contribution in [-0.2, 0) is 6.54 Å². The molecule has 0 saturated heterocycles. The minimum atomic E-state index is -4.85. The number of halogens is 4. The third-order valence-corrected chi connectivity index (χ3v) is 2.83. The first-order valence-electron chi connectivity index (χ1n) is 3.97. The summed E-state index contributed by atoms with van der Waals surface area (Å²) in [5.41, 5.74) is 5.45. The second kappa shape index (κ2) is 4.95. The number of pyridine rings is 1. The van der Waals surface area contributed by atoms with E-state index < -0.39 is 12.1 Å². The molecule has 1 aromatic rings. The molecule has 0 bridgehead atoms. The fourth-order valence-corrected chi connectivity index (χ4v) is 1.74. The highest BCUT2D eigenvalue weighted by Gasteiger charge is 2.33. The Morgan fingerprint density at radius 2 is 2.19 bits per heavy atom. The number of nitrogens with zero attached hydrogens (tertiary/aromatic N) is 1. The maximum absolute atomic E-state index is 12.0. The van der Waals surface area contributed by atoms with Crippen LogP contribution in [0.5, 0.6) is 5.75 Å². The predicted octanol–water partition coefficient (Wildman–Crippen LogP) is 1.86. The topological polar surface area (TPSA) is 65.2 Å². The van der Waals surface area contributed by atoms with Crippen molar-refractivity contribution in [3.05, 3.63) is 21.0 Å². The molecule has 0 aromatic carbocycles. The fraction of sp³-hybridized carbons (Fsp3) is 0.250. The third kappa shape index (κ3) is 3.04. The van der Waals surface area contributed by atoms with E-state index in [9.17, 15) is 18.0 Å². The molecule has 1 rings (SSSR count). The molecule has 0 aliphatic carbocycles. The largest absolute Gasteiger partial charge is 0.573 e. The Bertz CT molecular complexity index is 409. The minimum absolute atomic E-state index is 0.0331. The summed E-state index contributed by atoms with van der Waals surface area (Å²) in [6.45, 7) is 0.0331. The van der Waals surface area contributed by atoms with Crippen LogP contribution in [-0.4, -0.2) is 17.6 Å². The molecular formula is C8H6F3IN2O2. The summed E-state index contributed by atoms with van der Waals surface area (Å²) in [5.74, 6) is -0.621. The SMILES string of the molecule is NCc1ncc(OC(F)(F)F)c(C=O)c1I. The Labute approximate surface area is 102 Å². The van der Waals surface area contributed by atoms with Gasteiger partial charge in [0.15, 0.2) is 12.0 Å². The van der Waals surface area contributed by atoms with E-state index in [2.05, 4.69) is 9.72 Å². The Hall–Kier alpha value is -0.900. The van der Waals surface area contributed by atoms with Crippen molar-refractivity contribution in [2.75, 3.05) is 0 Å². The van der Waals surface area contributed by atoms with Crippen molar-refractivity contribution >= 4 is 28.9 Å². The Balaban J connectivity index is 3.21. The van der Waals surface area contributed by atoms with Gasteiger partial charge in [-0.1, -0.05) is 0 Å². The standard InChI is InChI=1S/C8H6F3IN2O2/c9-8(10,11)16-6-2-14-5(1-13)7(12)4(6)3-15/h2-3H,1,13H2. The lowest BCUT2D eigenvalue weighted by Crippen LogP contribution is -2.19. The highest BCUT2D eigenvalue weighted by Crippen LogP contribution is 2.28. The lowest BCUT2D eigenvalue weighted by molar-refractivity contribution is -0.274. The van der Waals surface area contributed by atoms with Crippen LogP contribution in [0.15, 0.2) is 6.20 Å². The Morgan fingerprint density at radius 3 is 2.62 bits per heavy atom. The summed E-state index contributed by atoms with van der Waals surface area (Å²) in [5, 5.41) is 0. The van der Waals surface area contributed by atoms with Gasteiger partial charge in [-0.15, -0.1) is 13.2 Å². The van der Waals surface area contributed by atoms with Gasteiger partial charge < -0.3 is 10.5 Å². The van der Waals surface area contributed by atoms with Crippen LogP contribution in [0.3, 0.4) is 0 Å². The number of carbonyl (C=O) groups excluding carboxylic acids is 1. The number of aldehydes is 1. The maximum Gasteiger partial charge on any atom is 0.573 e. The van der Waals surface area contributed by atoms with Crippen LogP contribution in [0, 0.1) is 3.57 Å². The maximum atomic E-state index is 12.0. The van der Waals surface area contributed by atoms with Crippen molar-refractivity contribution in [3.8, 4) is 5.75 Å². The smallest absolute Gasteiger partial charge is 0.403 e.